The summed E-state index contributed by atoms with van der Waals surface area (Å²) in [4.78, 5) is 5.36. The number of hydrogen-bond donors (Lipinski definition) is 0. The summed E-state index contributed by atoms with van der Waals surface area (Å²) in [5, 5.41) is 0. The van der Waals surface area contributed by atoms with Gasteiger partial charge in [0.15, 0.2) is 6.61 Å². The third-order valence-corrected chi connectivity index (χ3v) is 9.87. The molecule has 5 aromatic rings. The fourth-order valence-corrected chi connectivity index (χ4v) is 6.85. The molecule has 4 aromatic carbocycles. The molecule has 5 rings (SSSR count). The van der Waals surface area contributed by atoms with Gasteiger partial charge in [-0.15, -0.1) is 0 Å². The van der Waals surface area contributed by atoms with E-state index in [2.05, 4.69) is 6.92 Å². The summed E-state index contributed by atoms with van der Waals surface area (Å²) in [5.74, 6) is 0. The van der Waals surface area contributed by atoms with Crippen LogP contribution in [0.15, 0.2) is 103 Å². The third kappa shape index (κ3) is 13.0. The van der Waals surface area contributed by atoms with E-state index in [9.17, 15) is 105 Å². The summed E-state index contributed by atoms with van der Waals surface area (Å²) in [6.45, 7) is 2.95. The van der Waals surface area contributed by atoms with Crippen molar-refractivity contribution < 1.29 is 115 Å². The van der Waals surface area contributed by atoms with Crippen LogP contribution in [0.2, 0.25) is 0 Å². The van der Waals surface area contributed by atoms with E-state index in [1.807, 2.05) is 30.6 Å². The van der Waals surface area contributed by atoms with E-state index in [1.165, 1.54) is 6.42 Å². The first-order valence-corrected chi connectivity index (χ1v) is 18.6. The van der Waals surface area contributed by atoms with Gasteiger partial charge in [0.2, 0.25) is 12.4 Å². The monoisotopic (exact) mass is 1020 g/mol. The second-order valence-corrected chi connectivity index (χ2v) is 14.6. The maximum absolute atomic E-state index is 14.2. The summed E-state index contributed by atoms with van der Waals surface area (Å²) >= 11 is 0. The molecule has 0 spiro atoms. The van der Waals surface area contributed by atoms with Gasteiger partial charge in [-0.05, 0) is 30.7 Å². The Morgan fingerprint density at radius 1 is 0.338 bits per heavy atom. The Labute approximate surface area is 366 Å². The molecular weight excluding hydrogens is 989 g/mol. The predicted molar refractivity (Wildman–Crippen MR) is 193 cm³/mol. The lowest BCUT2D eigenvalue weighted by atomic mass is 9.12. The Hall–Kier alpha value is -5.79. The summed E-state index contributed by atoms with van der Waals surface area (Å²) < 4.78 is 343. The highest BCUT2D eigenvalue weighted by atomic mass is 19.4. The largest absolute Gasteiger partial charge is 0.416 e. The molecule has 1 aromatic heterocycles. The summed E-state index contributed by atoms with van der Waals surface area (Å²) in [6.07, 6.45) is -48.7. The van der Waals surface area contributed by atoms with Crippen molar-refractivity contribution >= 4 is 28.0 Å². The van der Waals surface area contributed by atoms with Crippen molar-refractivity contribution in [3.05, 3.63) is 148 Å². The fraction of sp³-hybridized carbons (Fsp3) is 0.293. The Morgan fingerprint density at radius 2 is 0.544 bits per heavy atom. The first-order valence-electron chi connectivity index (χ1n) is 18.6. The number of hydrogen-bond acceptors (Lipinski definition) is 1. The van der Waals surface area contributed by atoms with Crippen LogP contribution < -0.4 is 31.4 Å². The number of pyridine rings is 1. The van der Waals surface area contributed by atoms with Crippen molar-refractivity contribution in [2.24, 2.45) is 0 Å². The van der Waals surface area contributed by atoms with Gasteiger partial charge in [0, 0.05) is 16.9 Å². The molecule has 1 heterocycles. The van der Waals surface area contributed by atoms with Crippen molar-refractivity contribution in [3.63, 3.8) is 0 Å². The first-order chi connectivity index (χ1) is 30.7. The highest BCUT2D eigenvalue weighted by Crippen LogP contribution is 2.41. The minimum atomic E-state index is -6.13. The summed E-state index contributed by atoms with van der Waals surface area (Å²) in [7, 11) is 0. The van der Waals surface area contributed by atoms with Crippen molar-refractivity contribution in [2.75, 3.05) is 6.61 Å². The van der Waals surface area contributed by atoms with Crippen molar-refractivity contribution in [2.45, 2.75) is 69.2 Å². The first kappa shape index (κ1) is 54.8. The van der Waals surface area contributed by atoms with E-state index in [-0.39, 0.29) is 0 Å². The van der Waals surface area contributed by atoms with E-state index < -0.39 is 195 Å². The molecule has 0 aliphatic rings. The quantitative estimate of drug-likeness (QED) is 0.0653. The van der Waals surface area contributed by atoms with Gasteiger partial charge >= 0.3 is 49.4 Å². The second-order valence-electron chi connectivity index (χ2n) is 14.6. The van der Waals surface area contributed by atoms with Crippen LogP contribution in [0.4, 0.5) is 105 Å². The molecule has 0 saturated heterocycles. The van der Waals surface area contributed by atoms with Crippen LogP contribution in [0.1, 0.15) is 64.3 Å². The van der Waals surface area contributed by atoms with E-state index in [0.717, 1.165) is 13.0 Å². The fourth-order valence-electron chi connectivity index (χ4n) is 6.85. The molecule has 0 aliphatic carbocycles. The van der Waals surface area contributed by atoms with Gasteiger partial charge in [-0.25, -0.2) is 0 Å². The zero-order valence-electron chi connectivity index (χ0n) is 33.4. The molecule has 68 heavy (non-hydrogen) atoms. The smallest absolute Gasteiger partial charge is 0.271 e. The van der Waals surface area contributed by atoms with Crippen molar-refractivity contribution in [3.8, 4) is 0 Å². The standard InChI is InChI=1S/C32H12BF24.C9H14NO/c34-25(35,36)13-1-14(26(37,38)39)6-21(5-13)33(22-7-15(27(40,41)42)2-16(8-22)28(43,44)45,23-9-17(29(46,47)48)3-18(10-23)30(49,50)51)24-11-19(31(52,53)54)4-20(12-24)32(55,56)57;1-2-3-9-11-10-7-5-4-6-8-10/h1-12H;4-8H,2-3,9H2,1H3/q-1;+1. The van der Waals surface area contributed by atoms with E-state index in [1.54, 1.807) is 4.73 Å². The zero-order chi connectivity index (χ0) is 51.9. The van der Waals surface area contributed by atoms with Gasteiger partial charge in [-0.3, -0.25) is 4.84 Å². The lowest BCUT2D eigenvalue weighted by Crippen LogP contribution is -2.75. The van der Waals surface area contributed by atoms with Crippen LogP contribution in [0.3, 0.4) is 0 Å². The topological polar surface area (TPSA) is 13.1 Å². The van der Waals surface area contributed by atoms with Gasteiger partial charge < -0.3 is 0 Å². The molecule has 0 N–H and O–H groups in total. The lowest BCUT2D eigenvalue weighted by Gasteiger charge is -2.46. The molecule has 372 valence electrons. The van der Waals surface area contributed by atoms with Gasteiger partial charge in [-0.2, -0.15) is 127 Å². The summed E-state index contributed by atoms with van der Waals surface area (Å²) in [5.41, 5.74) is -30.2. The molecule has 0 radical (unpaired) electrons. The molecule has 0 fully saturated rings. The van der Waals surface area contributed by atoms with Gasteiger partial charge in [0.1, 0.15) is 6.15 Å². The van der Waals surface area contributed by atoms with Crippen molar-refractivity contribution in [1.29, 1.82) is 0 Å². The van der Waals surface area contributed by atoms with Crippen molar-refractivity contribution in [1.82, 2.24) is 0 Å². The second kappa shape index (κ2) is 19.0. The molecule has 0 saturated carbocycles. The third-order valence-electron chi connectivity index (χ3n) is 9.87. The zero-order valence-corrected chi connectivity index (χ0v) is 33.4. The van der Waals surface area contributed by atoms with Gasteiger partial charge in [-0.1, -0.05) is 67.9 Å². The molecule has 0 unspecified atom stereocenters. The number of rotatable bonds is 8. The number of benzene rings is 4. The molecule has 0 amide bonds. The number of alkyl halides is 24. The minimum absolute atomic E-state index is 0.691. The van der Waals surface area contributed by atoms with Gasteiger partial charge in [0.25, 0.3) is 0 Å². The summed E-state index contributed by atoms with van der Waals surface area (Å²) in [6, 6.07) is -2.94. The Balaban J connectivity index is 0.000000802. The van der Waals surface area contributed by atoms with E-state index in [4.69, 9.17) is 4.84 Å². The molecule has 27 heteroatoms. The number of aromatic nitrogens is 1. The normalized spacial score (nSPS) is 13.5. The number of nitrogens with zero attached hydrogens (tertiary/aromatic N) is 1. The van der Waals surface area contributed by atoms with Crippen LogP contribution in [0.25, 0.3) is 0 Å². The molecule has 2 nitrogen and oxygen atoms in total. The SMILES string of the molecule is CCCCO[n+]1ccccc1.FC(F)(F)c1cc([B-](c2cc(C(F)(F)F)cc(C(F)(F)F)c2)(c2cc(C(F)(F)F)cc(C(F)(F)F)c2)c2cc(C(F)(F)F)cc(C(F)(F)F)c2)cc(C(F)(F)F)c1. The Bertz CT molecular complexity index is 2090. The van der Waals surface area contributed by atoms with Gasteiger partial charge in [0.05, 0.1) is 44.5 Å². The molecule has 0 bridgehead atoms. The maximum atomic E-state index is 14.2. The van der Waals surface area contributed by atoms with Crippen LogP contribution in [-0.2, 0) is 49.4 Å². The van der Waals surface area contributed by atoms with E-state index >= 15 is 0 Å². The highest BCUT2D eigenvalue weighted by Gasteiger charge is 2.47. The van der Waals surface area contributed by atoms with Crippen LogP contribution in [0.5, 0.6) is 0 Å². The van der Waals surface area contributed by atoms with Crippen LogP contribution in [0, 0.1) is 0 Å². The van der Waals surface area contributed by atoms with E-state index in [0.29, 0.717) is 0 Å². The van der Waals surface area contributed by atoms with Crippen LogP contribution in [-0.4, -0.2) is 12.8 Å². The predicted octanol–water partition coefficient (Wildman–Crippen LogP) is 12.4. The maximum Gasteiger partial charge on any atom is 0.416 e. The highest BCUT2D eigenvalue weighted by molar-refractivity contribution is 7.20. The molecule has 0 aliphatic heterocycles. The minimum Gasteiger partial charge on any atom is -0.271 e. The average Bonchev–Trinajstić information content (AvgIpc) is 3.19. The Kier molecular flexibility index (Phi) is 15.3. The molecule has 0 atom stereocenters. The Morgan fingerprint density at radius 3 is 0.721 bits per heavy atom. The van der Waals surface area contributed by atoms with Crippen LogP contribution >= 0.6 is 0 Å². The average molecular weight is 1020 g/mol. The number of halogens is 24. The molecular formula is C41H26BF24NO. The lowest BCUT2D eigenvalue weighted by molar-refractivity contribution is -0.891. The number of unbranched alkanes of at least 4 members (excludes halogenated alkanes) is 1.